The van der Waals surface area contributed by atoms with Gasteiger partial charge < -0.3 is 13.9 Å². The summed E-state index contributed by atoms with van der Waals surface area (Å²) in [4.78, 5) is 10.8. The van der Waals surface area contributed by atoms with Crippen molar-refractivity contribution in [3.05, 3.63) is 24.4 Å². The van der Waals surface area contributed by atoms with Crippen LogP contribution in [0.5, 0.6) is 0 Å². The number of esters is 1. The molecule has 0 saturated heterocycles. The summed E-state index contributed by atoms with van der Waals surface area (Å²) in [6.07, 6.45) is 1.30. The molecule has 0 radical (unpaired) electrons. The first-order valence-electron chi connectivity index (χ1n) is 4.56. The topological polar surface area (TPSA) is 44.8 Å². The van der Waals surface area contributed by atoms with E-state index in [9.17, 15) is 4.79 Å². The van der Waals surface area contributed by atoms with E-state index in [1.165, 1.54) is 20.3 Å². The smallest absolute Gasteiger partial charge is 0.308 e. The van der Waals surface area contributed by atoms with Crippen molar-refractivity contribution in [3.8, 4) is 0 Å². The third kappa shape index (κ3) is 6.79. The Morgan fingerprint density at radius 1 is 1.33 bits per heavy atom. The number of hydrogen-bond acceptors (Lipinski definition) is 4. The summed E-state index contributed by atoms with van der Waals surface area (Å²) in [7, 11) is -0.287. The van der Waals surface area contributed by atoms with E-state index in [2.05, 4.69) is 6.58 Å². The molecule has 0 bridgehead atoms. The molecule has 0 aliphatic carbocycles. The number of carbonyl (C=O) groups excluding carboxylic acids is 1. The summed E-state index contributed by atoms with van der Waals surface area (Å²) in [5.74, 6) is 0.109. The van der Waals surface area contributed by atoms with Crippen LogP contribution in [0.25, 0.3) is 0 Å². The van der Waals surface area contributed by atoms with E-state index < -0.39 is 14.3 Å². The summed E-state index contributed by atoms with van der Waals surface area (Å²) in [6, 6.07) is 0. The lowest BCUT2D eigenvalue weighted by Crippen LogP contribution is -2.25. The van der Waals surface area contributed by atoms with E-state index in [0.29, 0.717) is 5.76 Å². The standard InChI is InChI=1S/C10H18O4Si/c1-8(14-15(4,5)6)10(7-12-3)13-9(2)11/h7H,1H2,2-6H3/b10-7-. The summed E-state index contributed by atoms with van der Waals surface area (Å²) in [5.41, 5.74) is 0. The van der Waals surface area contributed by atoms with Crippen LogP contribution >= 0.6 is 0 Å². The van der Waals surface area contributed by atoms with Crippen LogP contribution < -0.4 is 0 Å². The predicted octanol–water partition coefficient (Wildman–Crippen LogP) is 2.40. The second-order valence-corrected chi connectivity index (χ2v) is 8.38. The molecule has 0 fully saturated rings. The zero-order valence-electron chi connectivity index (χ0n) is 9.92. The number of methoxy groups -OCH3 is 1. The third-order valence-corrected chi connectivity index (χ3v) is 2.04. The highest BCUT2D eigenvalue weighted by atomic mass is 28.4. The van der Waals surface area contributed by atoms with Crippen molar-refractivity contribution in [2.75, 3.05) is 7.11 Å². The van der Waals surface area contributed by atoms with E-state index >= 15 is 0 Å². The van der Waals surface area contributed by atoms with Crippen molar-refractivity contribution in [1.82, 2.24) is 0 Å². The monoisotopic (exact) mass is 230 g/mol. The Balaban J connectivity index is 4.58. The van der Waals surface area contributed by atoms with Gasteiger partial charge in [0.25, 0.3) is 0 Å². The fourth-order valence-electron chi connectivity index (χ4n) is 0.828. The average molecular weight is 230 g/mol. The zero-order valence-corrected chi connectivity index (χ0v) is 10.9. The van der Waals surface area contributed by atoms with E-state index in [-0.39, 0.29) is 5.76 Å². The molecule has 0 spiro atoms. The van der Waals surface area contributed by atoms with Crippen LogP contribution in [0.2, 0.25) is 19.6 Å². The highest BCUT2D eigenvalue weighted by Crippen LogP contribution is 2.17. The predicted molar refractivity (Wildman–Crippen MR) is 60.4 cm³/mol. The quantitative estimate of drug-likeness (QED) is 0.315. The summed E-state index contributed by atoms with van der Waals surface area (Å²) in [6.45, 7) is 11.0. The number of carbonyl (C=O) groups is 1. The van der Waals surface area contributed by atoms with Gasteiger partial charge in [0.15, 0.2) is 0 Å². The summed E-state index contributed by atoms with van der Waals surface area (Å²) in [5, 5.41) is 0. The van der Waals surface area contributed by atoms with Crippen LogP contribution in [-0.2, 0) is 18.7 Å². The van der Waals surface area contributed by atoms with Crippen molar-refractivity contribution in [1.29, 1.82) is 0 Å². The molecule has 0 atom stereocenters. The molecule has 5 heteroatoms. The Labute approximate surface area is 91.7 Å². The third-order valence-electron chi connectivity index (χ3n) is 1.18. The Hall–Kier alpha value is -1.23. The molecule has 0 aliphatic heterocycles. The van der Waals surface area contributed by atoms with E-state index in [0.717, 1.165) is 0 Å². The van der Waals surface area contributed by atoms with Gasteiger partial charge in [-0.05, 0) is 19.6 Å². The fraction of sp³-hybridized carbons (Fsp3) is 0.500. The van der Waals surface area contributed by atoms with Gasteiger partial charge in [-0.1, -0.05) is 6.58 Å². The normalized spacial score (nSPS) is 11.9. The van der Waals surface area contributed by atoms with Crippen LogP contribution in [0.15, 0.2) is 24.4 Å². The summed E-state index contributed by atoms with van der Waals surface area (Å²) >= 11 is 0. The Morgan fingerprint density at radius 2 is 1.87 bits per heavy atom. The van der Waals surface area contributed by atoms with Crippen LogP contribution in [0.4, 0.5) is 0 Å². The second kappa shape index (κ2) is 5.60. The first kappa shape index (κ1) is 13.8. The molecule has 0 amide bonds. The Kier molecular flexibility index (Phi) is 5.14. The van der Waals surface area contributed by atoms with Gasteiger partial charge in [-0.15, -0.1) is 0 Å². The molecule has 86 valence electrons. The lowest BCUT2D eigenvalue weighted by molar-refractivity contribution is -0.137. The van der Waals surface area contributed by atoms with Gasteiger partial charge >= 0.3 is 5.97 Å². The van der Waals surface area contributed by atoms with Crippen LogP contribution in [0.3, 0.4) is 0 Å². The van der Waals surface area contributed by atoms with E-state index in [4.69, 9.17) is 13.9 Å². The van der Waals surface area contributed by atoms with Crippen LogP contribution in [-0.4, -0.2) is 21.4 Å². The number of ether oxygens (including phenoxy) is 2. The van der Waals surface area contributed by atoms with Gasteiger partial charge in [0.05, 0.1) is 7.11 Å². The minimum absolute atomic E-state index is 0.215. The maximum absolute atomic E-state index is 10.8. The molecular formula is C10H18O4Si. The lowest BCUT2D eigenvalue weighted by Gasteiger charge is -2.21. The summed E-state index contributed by atoms with van der Waals surface area (Å²) < 4.78 is 15.2. The fourth-order valence-corrected chi connectivity index (χ4v) is 1.67. The zero-order chi connectivity index (χ0) is 12.1. The van der Waals surface area contributed by atoms with Crippen molar-refractivity contribution in [2.45, 2.75) is 26.6 Å². The van der Waals surface area contributed by atoms with Crippen molar-refractivity contribution < 1.29 is 18.7 Å². The van der Waals surface area contributed by atoms with Crippen molar-refractivity contribution in [3.63, 3.8) is 0 Å². The first-order valence-corrected chi connectivity index (χ1v) is 7.97. The van der Waals surface area contributed by atoms with Gasteiger partial charge in [0.1, 0.15) is 12.0 Å². The molecule has 0 aromatic carbocycles. The maximum Gasteiger partial charge on any atom is 0.308 e. The molecule has 0 N–H and O–H groups in total. The van der Waals surface area contributed by atoms with Gasteiger partial charge in [-0.2, -0.15) is 0 Å². The van der Waals surface area contributed by atoms with Gasteiger partial charge in [0, 0.05) is 6.92 Å². The lowest BCUT2D eigenvalue weighted by atomic mass is 10.5. The van der Waals surface area contributed by atoms with Crippen molar-refractivity contribution >= 4 is 14.3 Å². The molecule has 0 unspecified atom stereocenters. The van der Waals surface area contributed by atoms with E-state index in [1.807, 2.05) is 19.6 Å². The minimum Gasteiger partial charge on any atom is -0.542 e. The molecule has 0 aromatic rings. The Morgan fingerprint density at radius 3 is 2.20 bits per heavy atom. The first-order chi connectivity index (χ1) is 6.76. The SMILES string of the molecule is C=C(O[Si](C)(C)C)/C(=C/OC)OC(C)=O. The van der Waals surface area contributed by atoms with Crippen LogP contribution in [0, 0.1) is 0 Å². The van der Waals surface area contributed by atoms with E-state index in [1.54, 1.807) is 0 Å². The van der Waals surface area contributed by atoms with Crippen molar-refractivity contribution in [2.24, 2.45) is 0 Å². The maximum atomic E-state index is 10.8. The molecule has 0 aromatic heterocycles. The van der Waals surface area contributed by atoms with Gasteiger partial charge in [-0.25, -0.2) is 0 Å². The molecule has 4 nitrogen and oxygen atoms in total. The number of rotatable bonds is 5. The average Bonchev–Trinajstić information content (AvgIpc) is 1.99. The highest BCUT2D eigenvalue weighted by molar-refractivity contribution is 6.70. The molecular weight excluding hydrogens is 212 g/mol. The molecule has 15 heavy (non-hydrogen) atoms. The molecule has 0 saturated carbocycles. The molecule has 0 rings (SSSR count). The largest absolute Gasteiger partial charge is 0.542 e. The minimum atomic E-state index is -1.75. The van der Waals surface area contributed by atoms with Gasteiger partial charge in [-0.3, -0.25) is 4.79 Å². The van der Waals surface area contributed by atoms with Gasteiger partial charge in [0.2, 0.25) is 14.1 Å². The molecule has 0 heterocycles. The number of hydrogen-bond donors (Lipinski definition) is 0. The highest BCUT2D eigenvalue weighted by Gasteiger charge is 2.20. The Bertz CT molecular complexity index is 276. The molecule has 0 aliphatic rings. The van der Waals surface area contributed by atoms with Crippen LogP contribution in [0.1, 0.15) is 6.92 Å². The second-order valence-electron chi connectivity index (χ2n) is 3.95.